The minimum absolute atomic E-state index is 0.221. The van der Waals surface area contributed by atoms with E-state index in [4.69, 9.17) is 24.7 Å². The van der Waals surface area contributed by atoms with Crippen molar-refractivity contribution in [2.75, 3.05) is 25.7 Å². The Morgan fingerprint density at radius 2 is 1.93 bits per heavy atom. The summed E-state index contributed by atoms with van der Waals surface area (Å²) in [6.07, 6.45) is -0.429. The van der Waals surface area contributed by atoms with Gasteiger partial charge in [-0.15, -0.1) is 0 Å². The van der Waals surface area contributed by atoms with Crippen LogP contribution in [-0.4, -0.2) is 20.0 Å². The van der Waals surface area contributed by atoms with Gasteiger partial charge in [-0.05, 0) is 12.1 Å². The maximum Gasteiger partial charge on any atom is 0.231 e. The summed E-state index contributed by atoms with van der Waals surface area (Å²) in [5.74, 6) is 1.33. The molecule has 0 aromatic heterocycles. The molecule has 3 rings (SSSR count). The van der Waals surface area contributed by atoms with Gasteiger partial charge in [0.15, 0.2) is 17.8 Å². The van der Waals surface area contributed by atoms with Gasteiger partial charge in [0.05, 0.1) is 18.8 Å². The second-order valence-electron chi connectivity index (χ2n) is 3.38. The van der Waals surface area contributed by atoms with E-state index in [1.807, 2.05) is 0 Å². The van der Waals surface area contributed by atoms with Crippen LogP contribution in [-0.2, 0) is 9.47 Å². The highest BCUT2D eigenvalue weighted by Crippen LogP contribution is 2.44. The van der Waals surface area contributed by atoms with Gasteiger partial charge in [0.2, 0.25) is 6.79 Å². The molecule has 2 N–H and O–H groups in total. The second-order valence-corrected chi connectivity index (χ2v) is 3.38. The largest absolute Gasteiger partial charge is 0.454 e. The highest BCUT2D eigenvalue weighted by molar-refractivity contribution is 5.62. The minimum Gasteiger partial charge on any atom is -0.454 e. The molecule has 0 saturated carbocycles. The summed E-state index contributed by atoms with van der Waals surface area (Å²) in [7, 11) is 0. The third kappa shape index (κ3) is 1.32. The summed E-state index contributed by atoms with van der Waals surface area (Å²) in [5, 5.41) is 0. The van der Waals surface area contributed by atoms with E-state index in [2.05, 4.69) is 0 Å². The van der Waals surface area contributed by atoms with Crippen LogP contribution >= 0.6 is 0 Å². The summed E-state index contributed by atoms with van der Waals surface area (Å²) < 4.78 is 21.4. The normalized spacial score (nSPS) is 19.7. The van der Waals surface area contributed by atoms with E-state index in [1.165, 1.54) is 0 Å². The molecule has 0 spiro atoms. The maximum absolute atomic E-state index is 5.88. The third-order valence-corrected chi connectivity index (χ3v) is 2.47. The van der Waals surface area contributed by atoms with Gasteiger partial charge in [-0.3, -0.25) is 0 Å². The van der Waals surface area contributed by atoms with Crippen molar-refractivity contribution in [3.63, 3.8) is 0 Å². The van der Waals surface area contributed by atoms with Crippen LogP contribution in [0.5, 0.6) is 11.5 Å². The van der Waals surface area contributed by atoms with E-state index < -0.39 is 6.29 Å². The summed E-state index contributed by atoms with van der Waals surface area (Å²) in [5.41, 5.74) is 7.22. The molecule has 0 amide bonds. The van der Waals surface area contributed by atoms with Crippen molar-refractivity contribution in [2.45, 2.75) is 6.29 Å². The molecule has 0 radical (unpaired) electrons. The Bertz CT molecular complexity index is 387. The monoisotopic (exact) mass is 209 g/mol. The quantitative estimate of drug-likeness (QED) is 0.700. The van der Waals surface area contributed by atoms with Crippen LogP contribution in [0.15, 0.2) is 12.1 Å². The summed E-state index contributed by atoms with van der Waals surface area (Å²) in [6, 6.07) is 3.56. The molecule has 2 aliphatic heterocycles. The molecular weight excluding hydrogens is 198 g/mol. The number of rotatable bonds is 1. The fourth-order valence-electron chi connectivity index (χ4n) is 1.78. The van der Waals surface area contributed by atoms with E-state index in [0.29, 0.717) is 30.4 Å². The molecular formula is C10H11NO4. The number of hydrogen-bond acceptors (Lipinski definition) is 5. The molecule has 0 atom stereocenters. The first-order chi connectivity index (χ1) is 7.36. The number of hydrogen-bond donors (Lipinski definition) is 1. The van der Waals surface area contributed by atoms with Crippen LogP contribution in [0, 0.1) is 0 Å². The van der Waals surface area contributed by atoms with Gasteiger partial charge in [-0.2, -0.15) is 0 Å². The Hall–Kier alpha value is -1.46. The van der Waals surface area contributed by atoms with Crippen molar-refractivity contribution in [1.82, 2.24) is 0 Å². The molecule has 1 aromatic rings. The molecule has 5 nitrogen and oxygen atoms in total. The van der Waals surface area contributed by atoms with Crippen LogP contribution in [0.2, 0.25) is 0 Å². The number of fused-ring (bicyclic) bond motifs is 1. The zero-order valence-electron chi connectivity index (χ0n) is 8.06. The van der Waals surface area contributed by atoms with Crippen molar-refractivity contribution >= 4 is 5.69 Å². The standard InChI is InChI=1S/C10H11NO4/c11-6-1-2-7-9(15-5-14-7)8(6)10-12-3-4-13-10/h1-2,10H,3-5,11H2. The van der Waals surface area contributed by atoms with E-state index in [0.717, 1.165) is 5.56 Å². The SMILES string of the molecule is Nc1ccc2c(c1C1OCCO1)OCO2. The molecule has 5 heteroatoms. The number of anilines is 1. The lowest BCUT2D eigenvalue weighted by Crippen LogP contribution is -2.04. The van der Waals surface area contributed by atoms with Crippen molar-refractivity contribution in [2.24, 2.45) is 0 Å². The molecule has 80 valence electrons. The van der Waals surface area contributed by atoms with Crippen LogP contribution in [0.4, 0.5) is 5.69 Å². The van der Waals surface area contributed by atoms with Crippen LogP contribution in [0.25, 0.3) is 0 Å². The van der Waals surface area contributed by atoms with Crippen molar-refractivity contribution in [1.29, 1.82) is 0 Å². The topological polar surface area (TPSA) is 62.9 Å². The van der Waals surface area contributed by atoms with Gasteiger partial charge in [-0.1, -0.05) is 0 Å². The van der Waals surface area contributed by atoms with Gasteiger partial charge in [0.1, 0.15) is 0 Å². The second kappa shape index (κ2) is 3.29. The van der Waals surface area contributed by atoms with E-state index in [1.54, 1.807) is 12.1 Å². The lowest BCUT2D eigenvalue weighted by molar-refractivity contribution is -0.0449. The summed E-state index contributed by atoms with van der Waals surface area (Å²) in [6.45, 7) is 1.38. The lowest BCUT2D eigenvalue weighted by atomic mass is 10.1. The highest BCUT2D eigenvalue weighted by atomic mass is 16.7. The van der Waals surface area contributed by atoms with Gasteiger partial charge >= 0.3 is 0 Å². The Labute approximate surface area is 86.7 Å². The van der Waals surface area contributed by atoms with Crippen molar-refractivity contribution in [3.8, 4) is 11.5 Å². The first-order valence-corrected chi connectivity index (χ1v) is 4.77. The highest BCUT2D eigenvalue weighted by Gasteiger charge is 2.29. The zero-order valence-corrected chi connectivity index (χ0v) is 8.06. The number of ether oxygens (including phenoxy) is 4. The third-order valence-electron chi connectivity index (χ3n) is 2.47. The van der Waals surface area contributed by atoms with Crippen molar-refractivity contribution < 1.29 is 18.9 Å². The van der Waals surface area contributed by atoms with E-state index >= 15 is 0 Å². The van der Waals surface area contributed by atoms with Crippen LogP contribution < -0.4 is 15.2 Å². The number of benzene rings is 1. The molecule has 15 heavy (non-hydrogen) atoms. The van der Waals surface area contributed by atoms with E-state index in [9.17, 15) is 0 Å². The molecule has 1 fully saturated rings. The first kappa shape index (κ1) is 8.82. The predicted molar refractivity (Wildman–Crippen MR) is 51.6 cm³/mol. The fraction of sp³-hybridized carbons (Fsp3) is 0.400. The Morgan fingerprint density at radius 1 is 1.13 bits per heavy atom. The Balaban J connectivity index is 2.08. The molecule has 1 saturated heterocycles. The van der Waals surface area contributed by atoms with Gasteiger partial charge in [0, 0.05) is 5.69 Å². The average Bonchev–Trinajstić information content (AvgIpc) is 2.85. The lowest BCUT2D eigenvalue weighted by Gasteiger charge is -2.14. The van der Waals surface area contributed by atoms with Gasteiger partial charge in [0.25, 0.3) is 0 Å². The Kier molecular flexibility index (Phi) is 1.93. The Morgan fingerprint density at radius 3 is 2.73 bits per heavy atom. The van der Waals surface area contributed by atoms with Gasteiger partial charge in [-0.25, -0.2) is 0 Å². The molecule has 0 aliphatic carbocycles. The van der Waals surface area contributed by atoms with Crippen LogP contribution in [0.1, 0.15) is 11.9 Å². The minimum atomic E-state index is -0.429. The number of nitrogen functional groups attached to an aromatic ring is 1. The maximum atomic E-state index is 5.88. The molecule has 2 aliphatic rings. The predicted octanol–water partition coefficient (Wildman–Crippen LogP) is 1.04. The molecule has 0 bridgehead atoms. The molecule has 2 heterocycles. The average molecular weight is 209 g/mol. The van der Waals surface area contributed by atoms with Gasteiger partial charge < -0.3 is 24.7 Å². The van der Waals surface area contributed by atoms with Crippen molar-refractivity contribution in [3.05, 3.63) is 17.7 Å². The molecule has 0 unspecified atom stereocenters. The molecule has 1 aromatic carbocycles. The van der Waals surface area contributed by atoms with E-state index in [-0.39, 0.29) is 6.79 Å². The zero-order chi connectivity index (χ0) is 10.3. The summed E-state index contributed by atoms with van der Waals surface area (Å²) in [4.78, 5) is 0. The smallest absolute Gasteiger partial charge is 0.231 e. The number of nitrogens with two attached hydrogens (primary N) is 1. The van der Waals surface area contributed by atoms with Crippen LogP contribution in [0.3, 0.4) is 0 Å². The summed E-state index contributed by atoms with van der Waals surface area (Å²) >= 11 is 0. The fourth-order valence-corrected chi connectivity index (χ4v) is 1.78. The first-order valence-electron chi connectivity index (χ1n) is 4.77.